The van der Waals surface area contributed by atoms with E-state index in [1.807, 2.05) is 0 Å². The minimum Gasteiger partial charge on any atom is -0.495 e. The van der Waals surface area contributed by atoms with Crippen molar-refractivity contribution in [3.63, 3.8) is 0 Å². The van der Waals surface area contributed by atoms with Crippen molar-refractivity contribution in [1.29, 1.82) is 0 Å². The van der Waals surface area contributed by atoms with Gasteiger partial charge in [-0.25, -0.2) is 4.57 Å². The van der Waals surface area contributed by atoms with Gasteiger partial charge in [-0.3, -0.25) is 4.79 Å². The highest BCUT2D eigenvalue weighted by Gasteiger charge is 2.15. The van der Waals surface area contributed by atoms with Crippen LogP contribution < -0.4 is 10.3 Å². The number of para-hydroxylation sites is 1. The van der Waals surface area contributed by atoms with Crippen molar-refractivity contribution in [3.05, 3.63) is 61.6 Å². The van der Waals surface area contributed by atoms with Crippen LogP contribution in [0.2, 0.25) is 10.0 Å². The fourth-order valence-corrected chi connectivity index (χ4v) is 3.41. The van der Waals surface area contributed by atoms with Crippen LogP contribution in [0.4, 0.5) is 0 Å². The van der Waals surface area contributed by atoms with Crippen LogP contribution >= 0.6 is 23.2 Å². The average Bonchev–Trinajstić information content (AvgIpc) is 2.55. The van der Waals surface area contributed by atoms with Crippen molar-refractivity contribution in [2.45, 2.75) is 0 Å². The molecule has 3 aromatic rings. The molecule has 0 fully saturated rings. The Labute approximate surface area is 147 Å². The van der Waals surface area contributed by atoms with E-state index in [0.717, 1.165) is 4.57 Å². The van der Waals surface area contributed by atoms with Gasteiger partial charge in [0.1, 0.15) is 5.75 Å². The third kappa shape index (κ3) is 2.71. The molecule has 0 aliphatic heterocycles. The molecule has 0 amide bonds. The fourth-order valence-electron chi connectivity index (χ4n) is 2.34. The highest BCUT2D eigenvalue weighted by Crippen LogP contribution is 2.32. The van der Waals surface area contributed by atoms with E-state index in [0.29, 0.717) is 10.9 Å². The Bertz CT molecular complexity index is 1190. The first-order valence-electron chi connectivity index (χ1n) is 6.63. The molecule has 1 N–H and O–H groups in total. The zero-order valence-corrected chi connectivity index (χ0v) is 14.5. The van der Waals surface area contributed by atoms with Crippen molar-refractivity contribution in [2.75, 3.05) is 7.11 Å². The summed E-state index contributed by atoms with van der Waals surface area (Å²) in [5.41, 5.74) is 0.00828. The van der Waals surface area contributed by atoms with Crippen molar-refractivity contribution in [1.82, 2.24) is 9.55 Å². The summed E-state index contributed by atoms with van der Waals surface area (Å²) in [7, 11) is -1.30. The molecule has 9 heteroatoms. The molecule has 2 aromatic carbocycles. The summed E-state index contributed by atoms with van der Waals surface area (Å²) >= 11 is 12.2. The maximum atomic E-state index is 12.8. The summed E-state index contributed by atoms with van der Waals surface area (Å²) in [5, 5.41) is 0.670. The molecule has 0 atom stereocenters. The lowest BCUT2D eigenvalue weighted by molar-refractivity contribution is 0.415. The molecule has 1 heterocycles. The topological polar surface area (TPSA) is 81.2 Å². The van der Waals surface area contributed by atoms with Crippen LogP contribution in [0.1, 0.15) is 0 Å². The van der Waals surface area contributed by atoms with E-state index in [4.69, 9.17) is 27.9 Å². The molecule has 0 unspecified atom stereocenters. The van der Waals surface area contributed by atoms with Gasteiger partial charge in [-0.15, -0.1) is 0 Å². The smallest absolute Gasteiger partial charge is 0.266 e. The Morgan fingerprint density at radius 3 is 2.50 bits per heavy atom. The average molecular weight is 385 g/mol. The molecular weight excluding hydrogens is 375 g/mol. The fraction of sp³-hybridized carbons (Fsp3) is 0.0667. The van der Waals surface area contributed by atoms with E-state index >= 15 is 0 Å². The number of H-pyrrole nitrogens is 1. The number of nitrogens with zero attached hydrogens (tertiary/aromatic N) is 1. The van der Waals surface area contributed by atoms with Gasteiger partial charge in [0.15, 0.2) is 0 Å². The third-order valence-corrected chi connectivity index (χ3v) is 4.62. The molecule has 3 rings (SSSR count). The molecule has 0 bridgehead atoms. The van der Waals surface area contributed by atoms with Gasteiger partial charge in [0.25, 0.3) is 15.9 Å². The summed E-state index contributed by atoms with van der Waals surface area (Å²) < 4.78 is 29.0. The number of aromatic nitrogens is 2. The minimum absolute atomic E-state index is 0.110. The highest BCUT2D eigenvalue weighted by molar-refractivity contribution is 7.63. The van der Waals surface area contributed by atoms with Crippen LogP contribution in [0.5, 0.6) is 5.75 Å². The van der Waals surface area contributed by atoms with Gasteiger partial charge in [-0.05, 0) is 18.2 Å². The molecule has 0 spiro atoms. The van der Waals surface area contributed by atoms with Crippen molar-refractivity contribution in [3.8, 4) is 11.4 Å². The molecule has 6 nitrogen and oxygen atoms in total. The van der Waals surface area contributed by atoms with Gasteiger partial charge < -0.3 is 9.72 Å². The number of nitrogens with one attached hydrogen (secondary N) is 1. The lowest BCUT2D eigenvalue weighted by Gasteiger charge is -2.12. The van der Waals surface area contributed by atoms with Crippen LogP contribution in [0.3, 0.4) is 0 Å². The standard InChI is InChI=1S/C15H10Cl2N2O4S/c1-23-13-7-12(9(16)6-10(13)17)19-14(20)8-4-2-3-5-11(8)18-15(19)24(21)22/h2-7,18H,1H3. The number of benzene rings is 2. The maximum Gasteiger partial charge on any atom is 0.266 e. The Balaban J connectivity index is 2.57. The summed E-state index contributed by atoms with van der Waals surface area (Å²) in [6, 6.07) is 9.37. The predicted molar refractivity (Wildman–Crippen MR) is 92.6 cm³/mol. The number of hydrogen-bond acceptors (Lipinski definition) is 4. The quantitative estimate of drug-likeness (QED) is 0.688. The van der Waals surface area contributed by atoms with Gasteiger partial charge in [-0.1, -0.05) is 35.3 Å². The second-order valence-electron chi connectivity index (χ2n) is 4.79. The summed E-state index contributed by atoms with van der Waals surface area (Å²) in [5.74, 6) is 0.263. The van der Waals surface area contributed by atoms with Crippen LogP contribution in [-0.4, -0.2) is 25.1 Å². The normalized spacial score (nSPS) is 10.8. The predicted octanol–water partition coefficient (Wildman–Crippen LogP) is 3.05. The first kappa shape index (κ1) is 16.6. The van der Waals surface area contributed by atoms with Crippen LogP contribution in [0, 0.1) is 4.77 Å². The lowest BCUT2D eigenvalue weighted by atomic mass is 10.2. The van der Waals surface area contributed by atoms with Gasteiger partial charge >= 0.3 is 0 Å². The van der Waals surface area contributed by atoms with Crippen LogP contribution in [-0.2, 0) is 10.3 Å². The van der Waals surface area contributed by atoms with Crippen molar-refractivity contribution >= 4 is 44.4 Å². The summed E-state index contributed by atoms with van der Waals surface area (Å²) in [6.45, 7) is 0. The Hall–Kier alpha value is -2.22. The van der Waals surface area contributed by atoms with Gasteiger partial charge in [0.05, 0.1) is 33.7 Å². The van der Waals surface area contributed by atoms with Gasteiger partial charge in [0.2, 0.25) is 4.77 Å². The van der Waals surface area contributed by atoms with Crippen molar-refractivity contribution < 1.29 is 13.2 Å². The SMILES string of the molecule is COc1cc(-n2c(=S(=O)=O)[nH]c3ccccc3c2=O)c(Cl)cc1Cl. The molecule has 0 radical (unpaired) electrons. The van der Waals surface area contributed by atoms with Crippen LogP contribution in [0.15, 0.2) is 41.2 Å². The maximum absolute atomic E-state index is 12.8. The third-order valence-electron chi connectivity index (χ3n) is 3.43. The monoisotopic (exact) mass is 384 g/mol. The van der Waals surface area contributed by atoms with E-state index in [1.165, 1.54) is 19.2 Å². The first-order chi connectivity index (χ1) is 11.4. The lowest BCUT2D eigenvalue weighted by Crippen LogP contribution is -2.21. The molecular formula is C15H10Cl2N2O4S. The number of methoxy groups -OCH3 is 1. The molecule has 0 aliphatic carbocycles. The molecule has 0 aliphatic rings. The van der Waals surface area contributed by atoms with Crippen LogP contribution in [0.25, 0.3) is 16.6 Å². The number of halogens is 2. The van der Waals surface area contributed by atoms with E-state index < -0.39 is 15.9 Å². The molecule has 0 saturated heterocycles. The minimum atomic E-state index is -2.70. The number of ether oxygens (including phenoxy) is 1. The number of aromatic amines is 1. The van der Waals surface area contributed by atoms with Crippen molar-refractivity contribution in [2.24, 2.45) is 0 Å². The second-order valence-corrected chi connectivity index (χ2v) is 6.46. The Kier molecular flexibility index (Phi) is 4.40. The summed E-state index contributed by atoms with van der Waals surface area (Å²) in [6.07, 6.45) is 0. The van der Waals surface area contributed by atoms with Gasteiger partial charge in [0, 0.05) is 6.07 Å². The Morgan fingerprint density at radius 2 is 1.83 bits per heavy atom. The van der Waals surface area contributed by atoms with Gasteiger partial charge in [-0.2, -0.15) is 8.42 Å². The van der Waals surface area contributed by atoms with E-state index in [-0.39, 0.29) is 26.3 Å². The largest absolute Gasteiger partial charge is 0.495 e. The van der Waals surface area contributed by atoms with E-state index in [1.54, 1.807) is 24.3 Å². The van der Waals surface area contributed by atoms with E-state index in [2.05, 4.69) is 4.98 Å². The Morgan fingerprint density at radius 1 is 1.12 bits per heavy atom. The zero-order valence-electron chi connectivity index (χ0n) is 12.2. The molecule has 24 heavy (non-hydrogen) atoms. The number of hydrogen-bond donors (Lipinski definition) is 1. The molecule has 124 valence electrons. The molecule has 1 aromatic heterocycles. The number of rotatable bonds is 2. The molecule has 0 saturated carbocycles. The number of fused-ring (bicyclic) bond motifs is 1. The van der Waals surface area contributed by atoms with E-state index in [9.17, 15) is 13.2 Å². The zero-order chi connectivity index (χ0) is 17.4. The second kappa shape index (κ2) is 6.35. The summed E-state index contributed by atoms with van der Waals surface area (Å²) in [4.78, 5) is 15.6. The highest BCUT2D eigenvalue weighted by atomic mass is 35.5. The first-order valence-corrected chi connectivity index (χ1v) is 8.47.